The summed E-state index contributed by atoms with van der Waals surface area (Å²) in [5, 5.41) is 0.131. The van der Waals surface area contributed by atoms with E-state index in [0.717, 1.165) is 23.6 Å². The van der Waals surface area contributed by atoms with Crippen molar-refractivity contribution in [2.75, 3.05) is 11.0 Å². The summed E-state index contributed by atoms with van der Waals surface area (Å²) in [6.45, 7) is 1.96. The van der Waals surface area contributed by atoms with Crippen LogP contribution in [-0.2, 0) is 8.87 Å². The molecule has 0 aliphatic heterocycles. The standard InChI is InChI=1S/C5H11ClO2S2/c1-2-3-4-10(7,8)9-5-6/h2-5H2,1H3. The highest BCUT2D eigenvalue weighted by Gasteiger charge is 2.08. The van der Waals surface area contributed by atoms with Crippen molar-refractivity contribution in [1.29, 1.82) is 0 Å². The third kappa shape index (κ3) is 5.38. The second kappa shape index (κ2) is 5.27. The average Bonchev–Trinajstić information content (AvgIpc) is 1.84. The van der Waals surface area contributed by atoms with E-state index in [4.69, 9.17) is 11.6 Å². The zero-order chi connectivity index (χ0) is 8.04. The molecule has 5 heteroatoms. The van der Waals surface area contributed by atoms with Crippen LogP contribution in [0.5, 0.6) is 0 Å². The van der Waals surface area contributed by atoms with E-state index in [-0.39, 0.29) is 11.0 Å². The first-order chi connectivity index (χ1) is 4.62. The van der Waals surface area contributed by atoms with Crippen molar-refractivity contribution in [2.24, 2.45) is 0 Å². The third-order valence-electron chi connectivity index (χ3n) is 0.972. The average molecular weight is 203 g/mol. The molecule has 0 aliphatic rings. The van der Waals surface area contributed by atoms with E-state index in [9.17, 15) is 8.42 Å². The molecule has 0 spiro atoms. The van der Waals surface area contributed by atoms with E-state index in [1.54, 1.807) is 0 Å². The fraction of sp³-hybridized carbons (Fsp3) is 1.00. The van der Waals surface area contributed by atoms with E-state index in [1.807, 2.05) is 6.92 Å². The maximum atomic E-state index is 10.9. The Morgan fingerprint density at radius 2 is 2.10 bits per heavy atom. The van der Waals surface area contributed by atoms with E-state index in [2.05, 4.69) is 0 Å². The summed E-state index contributed by atoms with van der Waals surface area (Å²) in [5.41, 5.74) is 0. The van der Waals surface area contributed by atoms with Crippen LogP contribution < -0.4 is 0 Å². The van der Waals surface area contributed by atoms with Crippen LogP contribution >= 0.6 is 22.4 Å². The summed E-state index contributed by atoms with van der Waals surface area (Å²) in [7, 11) is -2.10. The fourth-order valence-corrected chi connectivity index (χ4v) is 3.68. The van der Waals surface area contributed by atoms with Gasteiger partial charge in [0.15, 0.2) is 0 Å². The van der Waals surface area contributed by atoms with Crippen molar-refractivity contribution in [1.82, 2.24) is 0 Å². The van der Waals surface area contributed by atoms with Gasteiger partial charge in [0.2, 0.25) is 8.87 Å². The predicted octanol–water partition coefficient (Wildman–Crippen LogP) is 2.05. The number of rotatable bonds is 5. The van der Waals surface area contributed by atoms with Crippen molar-refractivity contribution in [2.45, 2.75) is 19.8 Å². The summed E-state index contributed by atoms with van der Waals surface area (Å²) in [6, 6.07) is 0. The molecule has 62 valence electrons. The zero-order valence-corrected chi connectivity index (χ0v) is 8.23. The molecule has 0 N–H and O–H groups in total. The lowest BCUT2D eigenvalue weighted by Crippen LogP contribution is -1.99. The molecule has 0 radical (unpaired) electrons. The molecule has 0 unspecified atom stereocenters. The van der Waals surface area contributed by atoms with Crippen LogP contribution in [0.1, 0.15) is 19.8 Å². The van der Waals surface area contributed by atoms with Crippen LogP contribution in [0.15, 0.2) is 0 Å². The Morgan fingerprint density at radius 3 is 2.50 bits per heavy atom. The van der Waals surface area contributed by atoms with Crippen LogP contribution in [0, 0.1) is 0 Å². The van der Waals surface area contributed by atoms with Gasteiger partial charge in [-0.2, -0.15) is 0 Å². The minimum absolute atomic E-state index is 0.131. The summed E-state index contributed by atoms with van der Waals surface area (Å²) < 4.78 is 21.7. The Bertz CT molecular complexity index is 164. The minimum Gasteiger partial charge on any atom is -0.217 e. The van der Waals surface area contributed by atoms with Gasteiger partial charge in [0.05, 0.1) is 11.0 Å². The molecular weight excluding hydrogens is 192 g/mol. The van der Waals surface area contributed by atoms with Gasteiger partial charge in [-0.1, -0.05) is 13.3 Å². The molecule has 0 aliphatic carbocycles. The Hall–Kier alpha value is 0.590. The van der Waals surface area contributed by atoms with Crippen LogP contribution in [0.3, 0.4) is 0 Å². The summed E-state index contributed by atoms with van der Waals surface area (Å²) in [6.07, 6.45) is 1.63. The minimum atomic E-state index is -2.91. The first-order valence-electron chi connectivity index (χ1n) is 3.05. The molecule has 0 fully saturated rings. The van der Waals surface area contributed by atoms with Gasteiger partial charge >= 0.3 is 0 Å². The van der Waals surface area contributed by atoms with Gasteiger partial charge in [-0.3, -0.25) is 0 Å². The lowest BCUT2D eigenvalue weighted by atomic mass is 10.4. The Morgan fingerprint density at radius 1 is 1.50 bits per heavy atom. The van der Waals surface area contributed by atoms with Crippen molar-refractivity contribution in [3.05, 3.63) is 0 Å². The molecule has 2 nitrogen and oxygen atoms in total. The van der Waals surface area contributed by atoms with Crippen molar-refractivity contribution in [3.8, 4) is 0 Å². The van der Waals surface area contributed by atoms with Gasteiger partial charge in [0, 0.05) is 0 Å². The van der Waals surface area contributed by atoms with Gasteiger partial charge in [0.1, 0.15) is 0 Å². The number of halogens is 1. The quantitative estimate of drug-likeness (QED) is 0.506. The van der Waals surface area contributed by atoms with Gasteiger partial charge in [-0.25, -0.2) is 8.42 Å². The van der Waals surface area contributed by atoms with E-state index in [1.165, 1.54) is 0 Å². The molecule has 0 heterocycles. The second-order valence-corrected chi connectivity index (χ2v) is 6.71. The highest BCUT2D eigenvalue weighted by Crippen LogP contribution is 2.15. The maximum Gasteiger partial charge on any atom is 0.202 e. The van der Waals surface area contributed by atoms with Crippen LogP contribution in [0.2, 0.25) is 0 Å². The lowest BCUT2D eigenvalue weighted by molar-refractivity contribution is 0.607. The SMILES string of the molecule is CCCCS(=O)(=O)SCCl. The highest BCUT2D eigenvalue weighted by atomic mass is 35.5. The van der Waals surface area contributed by atoms with Gasteiger partial charge in [-0.15, -0.1) is 11.6 Å². The number of hydrogen-bond donors (Lipinski definition) is 0. The monoisotopic (exact) mass is 202 g/mol. The fourth-order valence-electron chi connectivity index (χ4n) is 0.448. The van der Waals surface area contributed by atoms with Crippen LogP contribution in [0.25, 0.3) is 0 Å². The largest absolute Gasteiger partial charge is 0.217 e. The maximum absolute atomic E-state index is 10.9. The first-order valence-corrected chi connectivity index (χ1v) is 6.74. The van der Waals surface area contributed by atoms with E-state index < -0.39 is 8.87 Å². The third-order valence-corrected chi connectivity index (χ3v) is 4.86. The predicted molar refractivity (Wildman–Crippen MR) is 47.0 cm³/mol. The second-order valence-electron chi connectivity index (χ2n) is 1.84. The molecule has 0 saturated carbocycles. The molecule has 0 aromatic rings. The smallest absolute Gasteiger partial charge is 0.202 e. The van der Waals surface area contributed by atoms with Gasteiger partial charge in [-0.05, 0) is 17.2 Å². The van der Waals surface area contributed by atoms with E-state index >= 15 is 0 Å². The molecule has 0 aromatic heterocycles. The number of unbranched alkanes of at least 4 members (excludes halogenated alkanes) is 1. The van der Waals surface area contributed by atoms with Crippen LogP contribution in [0.4, 0.5) is 0 Å². The summed E-state index contributed by atoms with van der Waals surface area (Å²) in [4.78, 5) is 0. The summed E-state index contributed by atoms with van der Waals surface area (Å²) >= 11 is 5.25. The normalized spacial score (nSPS) is 11.8. The molecule has 0 saturated heterocycles. The molecule has 10 heavy (non-hydrogen) atoms. The van der Waals surface area contributed by atoms with Gasteiger partial charge in [0.25, 0.3) is 0 Å². The lowest BCUT2D eigenvalue weighted by Gasteiger charge is -1.97. The topological polar surface area (TPSA) is 34.1 Å². The Balaban J connectivity index is 3.65. The van der Waals surface area contributed by atoms with Crippen LogP contribution in [-0.4, -0.2) is 19.4 Å². The van der Waals surface area contributed by atoms with Gasteiger partial charge < -0.3 is 0 Å². The molecular formula is C5H11ClO2S2. The van der Waals surface area contributed by atoms with E-state index in [0.29, 0.717) is 0 Å². The number of hydrogen-bond acceptors (Lipinski definition) is 3. The molecule has 0 bridgehead atoms. The molecule has 0 amide bonds. The van der Waals surface area contributed by atoms with Crippen molar-refractivity contribution < 1.29 is 8.42 Å². The summed E-state index contributed by atoms with van der Waals surface area (Å²) in [5.74, 6) is 0.251. The first kappa shape index (κ1) is 10.6. The number of alkyl halides is 1. The molecule has 0 aromatic carbocycles. The molecule has 0 rings (SSSR count). The Labute approximate surface area is 70.7 Å². The zero-order valence-electron chi connectivity index (χ0n) is 5.84. The van der Waals surface area contributed by atoms with Crippen molar-refractivity contribution in [3.63, 3.8) is 0 Å². The highest BCUT2D eigenvalue weighted by molar-refractivity contribution is 8.72. The molecule has 0 atom stereocenters. The van der Waals surface area contributed by atoms with Crippen molar-refractivity contribution >= 4 is 31.3 Å². The Kier molecular flexibility index (Phi) is 5.58.